The van der Waals surface area contributed by atoms with E-state index < -0.39 is 0 Å². The first kappa shape index (κ1) is 11.1. The molecule has 1 aromatic rings. The van der Waals surface area contributed by atoms with E-state index in [-0.39, 0.29) is 6.04 Å². The molecule has 3 N–H and O–H groups in total. The predicted octanol–water partition coefficient (Wildman–Crippen LogP) is 1.02. The van der Waals surface area contributed by atoms with Crippen molar-refractivity contribution < 1.29 is 4.74 Å². The molecule has 2 bridgehead atoms. The SMILES string of the molecule is NNC(Cc1ccccn1)C1CC2CCC1O2. The van der Waals surface area contributed by atoms with Gasteiger partial charge in [-0.1, -0.05) is 6.07 Å². The fourth-order valence-corrected chi connectivity index (χ4v) is 3.18. The largest absolute Gasteiger partial charge is 0.375 e. The van der Waals surface area contributed by atoms with Gasteiger partial charge in [0.15, 0.2) is 0 Å². The van der Waals surface area contributed by atoms with E-state index in [2.05, 4.69) is 16.5 Å². The minimum Gasteiger partial charge on any atom is -0.375 e. The molecular weight excluding hydrogens is 214 g/mol. The first-order valence-corrected chi connectivity index (χ1v) is 6.38. The molecule has 1 aromatic heterocycles. The first-order chi connectivity index (χ1) is 8.36. The fraction of sp³-hybridized carbons (Fsp3) is 0.615. The van der Waals surface area contributed by atoms with Crippen LogP contribution >= 0.6 is 0 Å². The minimum absolute atomic E-state index is 0.278. The van der Waals surface area contributed by atoms with Gasteiger partial charge in [0.1, 0.15) is 0 Å². The predicted molar refractivity (Wildman–Crippen MR) is 65.1 cm³/mol. The Bertz CT molecular complexity index is 370. The van der Waals surface area contributed by atoms with Crippen molar-refractivity contribution in [2.45, 2.75) is 43.9 Å². The number of ether oxygens (including phenoxy) is 1. The number of fused-ring (bicyclic) bond motifs is 2. The number of pyridine rings is 1. The molecule has 4 atom stereocenters. The molecule has 2 fully saturated rings. The minimum atomic E-state index is 0.278. The van der Waals surface area contributed by atoms with Gasteiger partial charge in [0.2, 0.25) is 0 Å². The lowest BCUT2D eigenvalue weighted by atomic mass is 9.82. The lowest BCUT2D eigenvalue weighted by Crippen LogP contribution is -2.45. The van der Waals surface area contributed by atoms with E-state index in [4.69, 9.17) is 10.6 Å². The summed E-state index contributed by atoms with van der Waals surface area (Å²) in [6.45, 7) is 0. The van der Waals surface area contributed by atoms with E-state index >= 15 is 0 Å². The second-order valence-electron chi connectivity index (χ2n) is 5.07. The molecule has 0 aliphatic carbocycles. The van der Waals surface area contributed by atoms with E-state index in [0.717, 1.165) is 18.5 Å². The molecule has 2 saturated heterocycles. The van der Waals surface area contributed by atoms with E-state index in [1.54, 1.807) is 0 Å². The molecule has 0 saturated carbocycles. The number of nitrogens with zero attached hydrogens (tertiary/aromatic N) is 1. The number of hydrogen-bond donors (Lipinski definition) is 2. The summed E-state index contributed by atoms with van der Waals surface area (Å²) in [6.07, 6.45) is 7.16. The lowest BCUT2D eigenvalue weighted by molar-refractivity contribution is 0.0856. The number of hydrazine groups is 1. The molecule has 0 radical (unpaired) electrons. The van der Waals surface area contributed by atoms with Crippen LogP contribution in [0.15, 0.2) is 24.4 Å². The van der Waals surface area contributed by atoms with Gasteiger partial charge in [0.25, 0.3) is 0 Å². The zero-order chi connectivity index (χ0) is 11.7. The van der Waals surface area contributed by atoms with Crippen LogP contribution in [0, 0.1) is 5.92 Å². The van der Waals surface area contributed by atoms with Crippen LogP contribution in [0.1, 0.15) is 25.0 Å². The molecule has 2 aliphatic heterocycles. The van der Waals surface area contributed by atoms with Crippen molar-refractivity contribution in [2.24, 2.45) is 11.8 Å². The van der Waals surface area contributed by atoms with Gasteiger partial charge in [-0.15, -0.1) is 0 Å². The summed E-state index contributed by atoms with van der Waals surface area (Å²) in [5.41, 5.74) is 4.05. The third-order valence-corrected chi connectivity index (χ3v) is 4.04. The van der Waals surface area contributed by atoms with Crippen LogP contribution in [-0.4, -0.2) is 23.2 Å². The van der Waals surface area contributed by atoms with Crippen LogP contribution in [0.25, 0.3) is 0 Å². The van der Waals surface area contributed by atoms with Crippen molar-refractivity contribution in [1.29, 1.82) is 0 Å². The highest BCUT2D eigenvalue weighted by Crippen LogP contribution is 2.40. The van der Waals surface area contributed by atoms with Gasteiger partial charge in [0, 0.05) is 30.3 Å². The van der Waals surface area contributed by atoms with E-state index in [0.29, 0.717) is 18.1 Å². The van der Waals surface area contributed by atoms with Crippen molar-refractivity contribution in [1.82, 2.24) is 10.4 Å². The Morgan fingerprint density at radius 2 is 2.41 bits per heavy atom. The number of aromatic nitrogens is 1. The van der Waals surface area contributed by atoms with Crippen LogP contribution in [0.5, 0.6) is 0 Å². The van der Waals surface area contributed by atoms with Gasteiger partial charge in [-0.25, -0.2) is 0 Å². The topological polar surface area (TPSA) is 60.2 Å². The third-order valence-electron chi connectivity index (χ3n) is 4.04. The molecule has 0 spiro atoms. The van der Waals surface area contributed by atoms with Crippen molar-refractivity contribution in [2.75, 3.05) is 0 Å². The number of rotatable bonds is 4. The third kappa shape index (κ3) is 2.20. The smallest absolute Gasteiger partial charge is 0.0624 e. The summed E-state index contributed by atoms with van der Waals surface area (Å²) in [5, 5.41) is 0. The maximum atomic E-state index is 5.89. The number of nitrogens with one attached hydrogen (secondary N) is 1. The maximum Gasteiger partial charge on any atom is 0.0624 e. The molecule has 4 heteroatoms. The summed E-state index contributed by atoms with van der Waals surface area (Å²) in [5.74, 6) is 6.24. The standard InChI is InChI=1S/C13H19N3O/c14-16-12(7-9-3-1-2-6-15-9)11-8-10-4-5-13(11)17-10/h1-3,6,10-13,16H,4-5,7-8,14H2. The van der Waals surface area contributed by atoms with Gasteiger partial charge in [-0.3, -0.25) is 16.3 Å². The van der Waals surface area contributed by atoms with Gasteiger partial charge >= 0.3 is 0 Å². The average molecular weight is 233 g/mol. The van der Waals surface area contributed by atoms with Crippen LogP contribution in [-0.2, 0) is 11.2 Å². The first-order valence-electron chi connectivity index (χ1n) is 6.38. The van der Waals surface area contributed by atoms with Crippen LogP contribution < -0.4 is 11.3 Å². The Hall–Kier alpha value is -0.970. The quantitative estimate of drug-likeness (QED) is 0.602. The van der Waals surface area contributed by atoms with Gasteiger partial charge in [0.05, 0.1) is 12.2 Å². The second kappa shape index (κ2) is 4.72. The van der Waals surface area contributed by atoms with Crippen molar-refractivity contribution in [3.63, 3.8) is 0 Å². The van der Waals surface area contributed by atoms with Gasteiger partial charge in [-0.05, 0) is 31.4 Å². The molecule has 0 amide bonds. The average Bonchev–Trinajstić information content (AvgIpc) is 2.99. The highest BCUT2D eigenvalue weighted by molar-refractivity contribution is 5.07. The number of hydrogen-bond acceptors (Lipinski definition) is 4. The molecule has 0 aromatic carbocycles. The molecule has 3 heterocycles. The van der Waals surface area contributed by atoms with Crippen molar-refractivity contribution in [3.8, 4) is 0 Å². The Balaban J connectivity index is 1.68. The Morgan fingerprint density at radius 1 is 1.47 bits per heavy atom. The molecule has 4 nitrogen and oxygen atoms in total. The zero-order valence-electron chi connectivity index (χ0n) is 9.88. The molecule has 92 valence electrons. The molecule has 17 heavy (non-hydrogen) atoms. The summed E-state index contributed by atoms with van der Waals surface area (Å²) in [7, 11) is 0. The Labute approximate surface area is 102 Å². The summed E-state index contributed by atoms with van der Waals surface area (Å²) in [4.78, 5) is 4.36. The van der Waals surface area contributed by atoms with Crippen molar-refractivity contribution >= 4 is 0 Å². The highest BCUT2D eigenvalue weighted by Gasteiger charge is 2.44. The Morgan fingerprint density at radius 3 is 3.00 bits per heavy atom. The summed E-state index contributed by atoms with van der Waals surface area (Å²) >= 11 is 0. The normalized spacial score (nSPS) is 32.9. The van der Waals surface area contributed by atoms with E-state index in [1.807, 2.05) is 18.3 Å². The zero-order valence-corrected chi connectivity index (χ0v) is 9.88. The molecule has 4 unspecified atom stereocenters. The van der Waals surface area contributed by atoms with Crippen LogP contribution in [0.2, 0.25) is 0 Å². The summed E-state index contributed by atoms with van der Waals surface area (Å²) in [6, 6.07) is 6.29. The van der Waals surface area contributed by atoms with Gasteiger partial charge in [-0.2, -0.15) is 0 Å². The van der Waals surface area contributed by atoms with Crippen LogP contribution in [0.4, 0.5) is 0 Å². The number of nitrogens with two attached hydrogens (primary N) is 1. The molecular formula is C13H19N3O. The lowest BCUT2D eigenvalue weighted by Gasteiger charge is -2.27. The second-order valence-corrected chi connectivity index (χ2v) is 5.07. The van der Waals surface area contributed by atoms with Crippen LogP contribution in [0.3, 0.4) is 0 Å². The van der Waals surface area contributed by atoms with E-state index in [9.17, 15) is 0 Å². The maximum absolute atomic E-state index is 5.89. The monoisotopic (exact) mass is 233 g/mol. The highest BCUT2D eigenvalue weighted by atomic mass is 16.5. The van der Waals surface area contributed by atoms with Gasteiger partial charge < -0.3 is 4.74 Å². The van der Waals surface area contributed by atoms with E-state index in [1.165, 1.54) is 12.8 Å². The molecule has 2 aliphatic rings. The fourth-order valence-electron chi connectivity index (χ4n) is 3.18. The van der Waals surface area contributed by atoms with Crippen molar-refractivity contribution in [3.05, 3.63) is 30.1 Å². The Kier molecular flexibility index (Phi) is 3.09. The summed E-state index contributed by atoms with van der Waals surface area (Å²) < 4.78 is 5.89. The molecule has 3 rings (SSSR count).